The molecule has 0 bridgehead atoms. The van der Waals surface area contributed by atoms with Gasteiger partial charge in [-0.2, -0.15) is 0 Å². The minimum Gasteiger partial charge on any atom is -0.347 e. The van der Waals surface area contributed by atoms with Gasteiger partial charge in [0.05, 0.1) is 24.2 Å². The van der Waals surface area contributed by atoms with Crippen molar-refractivity contribution in [1.29, 1.82) is 0 Å². The summed E-state index contributed by atoms with van der Waals surface area (Å²) in [6.07, 6.45) is 3.27. The molecule has 1 aliphatic rings. The smallest absolute Gasteiger partial charge is 0.240 e. The molecule has 0 aliphatic carbocycles. The number of hydrogen-bond acceptors (Lipinski definition) is 4. The lowest BCUT2D eigenvalue weighted by Crippen LogP contribution is -2.23. The molecule has 110 valence electrons. The number of fused-ring (bicyclic) bond motifs is 1. The lowest BCUT2D eigenvalue weighted by Gasteiger charge is -2.11. The highest BCUT2D eigenvalue weighted by Crippen LogP contribution is 2.29. The number of anilines is 1. The van der Waals surface area contributed by atoms with Crippen LogP contribution in [0.2, 0.25) is 0 Å². The van der Waals surface area contributed by atoms with E-state index in [1.165, 1.54) is 17.3 Å². The highest BCUT2D eigenvalue weighted by molar-refractivity contribution is 7.89. The van der Waals surface area contributed by atoms with Crippen molar-refractivity contribution >= 4 is 21.6 Å². The zero-order valence-corrected chi connectivity index (χ0v) is 12.1. The van der Waals surface area contributed by atoms with Gasteiger partial charge in [-0.1, -0.05) is 0 Å². The van der Waals surface area contributed by atoms with Crippen molar-refractivity contribution < 1.29 is 13.2 Å². The number of carbonyl (C=O) groups is 1. The summed E-state index contributed by atoms with van der Waals surface area (Å²) < 4.78 is 27.0. The van der Waals surface area contributed by atoms with E-state index in [2.05, 4.69) is 14.7 Å². The molecule has 2 heterocycles. The minimum absolute atomic E-state index is 0.0371. The largest absolute Gasteiger partial charge is 0.347 e. The Morgan fingerprint density at radius 3 is 2.95 bits per heavy atom. The molecule has 1 amide bonds. The van der Waals surface area contributed by atoms with Crippen LogP contribution in [-0.2, 0) is 27.8 Å². The Morgan fingerprint density at radius 1 is 1.43 bits per heavy atom. The first-order chi connectivity index (χ1) is 9.97. The highest BCUT2D eigenvalue weighted by atomic mass is 32.2. The maximum Gasteiger partial charge on any atom is 0.240 e. The number of H-pyrrole nitrogens is 1. The van der Waals surface area contributed by atoms with Crippen LogP contribution in [0.25, 0.3) is 0 Å². The van der Waals surface area contributed by atoms with Gasteiger partial charge in [0.15, 0.2) is 0 Å². The number of benzene rings is 1. The third-order valence-corrected chi connectivity index (χ3v) is 4.84. The lowest BCUT2D eigenvalue weighted by molar-refractivity contribution is -0.117. The number of aromatic amines is 1. The number of sulfonamides is 1. The van der Waals surface area contributed by atoms with E-state index in [1.807, 2.05) is 0 Å². The molecule has 1 aromatic heterocycles. The summed E-state index contributed by atoms with van der Waals surface area (Å²) in [5.74, 6) is -0.0371. The van der Waals surface area contributed by atoms with E-state index in [9.17, 15) is 13.2 Å². The number of nitrogens with zero attached hydrogens (tertiary/aromatic N) is 2. The summed E-state index contributed by atoms with van der Waals surface area (Å²) in [5, 5.41) is 0. The van der Waals surface area contributed by atoms with Gasteiger partial charge in [0.25, 0.3) is 0 Å². The molecule has 0 spiro atoms. The highest BCUT2D eigenvalue weighted by Gasteiger charge is 2.26. The summed E-state index contributed by atoms with van der Waals surface area (Å²) in [6, 6.07) is 4.71. The van der Waals surface area contributed by atoms with Gasteiger partial charge in [-0.05, 0) is 23.8 Å². The van der Waals surface area contributed by atoms with Gasteiger partial charge in [-0.25, -0.2) is 18.1 Å². The van der Waals surface area contributed by atoms with Crippen LogP contribution >= 0.6 is 0 Å². The standard InChI is InChI=1S/C13H14N4O3S/c1-17-12-3-2-11(4-9(12)5-13(17)18)21(19,20)16-7-10-6-14-8-15-10/h2-4,6,8,16H,5,7H2,1H3,(H,14,15). The molecule has 3 rings (SSSR count). The summed E-state index contributed by atoms with van der Waals surface area (Å²) in [6.45, 7) is 0.137. The van der Waals surface area contributed by atoms with E-state index in [0.29, 0.717) is 5.69 Å². The lowest BCUT2D eigenvalue weighted by atomic mass is 10.2. The molecule has 1 aliphatic heterocycles. The number of carbonyl (C=O) groups excluding carboxylic acids is 1. The molecular formula is C13H14N4O3S. The van der Waals surface area contributed by atoms with Crippen LogP contribution in [0, 0.1) is 0 Å². The Labute approximate surface area is 122 Å². The monoisotopic (exact) mass is 306 g/mol. The molecule has 0 atom stereocenters. The first-order valence-electron chi connectivity index (χ1n) is 6.34. The summed E-state index contributed by atoms with van der Waals surface area (Å²) in [7, 11) is -1.94. The van der Waals surface area contributed by atoms with Crippen molar-refractivity contribution in [3.63, 3.8) is 0 Å². The normalized spacial score (nSPS) is 14.5. The Kier molecular flexibility index (Phi) is 3.26. The van der Waals surface area contributed by atoms with Crippen molar-refractivity contribution in [1.82, 2.24) is 14.7 Å². The quantitative estimate of drug-likeness (QED) is 0.855. The molecule has 0 saturated heterocycles. The van der Waals surface area contributed by atoms with E-state index in [4.69, 9.17) is 0 Å². The predicted molar refractivity (Wildman–Crippen MR) is 76.2 cm³/mol. The van der Waals surface area contributed by atoms with E-state index < -0.39 is 10.0 Å². The second-order valence-corrected chi connectivity index (χ2v) is 6.59. The molecule has 0 radical (unpaired) electrons. The fourth-order valence-electron chi connectivity index (χ4n) is 2.25. The SMILES string of the molecule is CN1C(=O)Cc2cc(S(=O)(=O)NCc3cnc[nH]3)ccc21. The van der Waals surface area contributed by atoms with Gasteiger partial charge >= 0.3 is 0 Å². The Bertz CT molecular complexity index is 784. The van der Waals surface area contributed by atoms with Crippen LogP contribution < -0.4 is 9.62 Å². The molecular weight excluding hydrogens is 292 g/mol. The number of hydrogen-bond donors (Lipinski definition) is 2. The molecule has 2 aromatic rings. The Hall–Kier alpha value is -2.19. The minimum atomic E-state index is -3.62. The maximum absolute atomic E-state index is 12.2. The predicted octanol–water partition coefficient (Wildman–Crippen LogP) is 0.407. The first-order valence-corrected chi connectivity index (χ1v) is 7.82. The Morgan fingerprint density at radius 2 is 2.24 bits per heavy atom. The van der Waals surface area contributed by atoms with Gasteiger partial charge < -0.3 is 9.88 Å². The van der Waals surface area contributed by atoms with E-state index >= 15 is 0 Å². The summed E-state index contributed by atoms with van der Waals surface area (Å²) in [5.41, 5.74) is 2.16. The fraction of sp³-hybridized carbons (Fsp3) is 0.231. The molecule has 21 heavy (non-hydrogen) atoms. The van der Waals surface area contributed by atoms with Crippen LogP contribution in [-0.4, -0.2) is 31.3 Å². The van der Waals surface area contributed by atoms with Crippen molar-refractivity contribution in [3.8, 4) is 0 Å². The number of likely N-dealkylation sites (N-methyl/N-ethyl adjacent to an activating group) is 1. The van der Waals surface area contributed by atoms with Crippen LogP contribution in [0.1, 0.15) is 11.3 Å². The van der Waals surface area contributed by atoms with E-state index in [0.717, 1.165) is 11.3 Å². The second-order valence-electron chi connectivity index (χ2n) is 4.82. The average molecular weight is 306 g/mol. The molecule has 0 unspecified atom stereocenters. The summed E-state index contributed by atoms with van der Waals surface area (Å²) in [4.78, 5) is 20.0. The van der Waals surface area contributed by atoms with Crippen molar-refractivity contribution in [2.24, 2.45) is 0 Å². The molecule has 7 nitrogen and oxygen atoms in total. The molecule has 0 fully saturated rings. The van der Waals surface area contributed by atoms with Gasteiger partial charge in [0, 0.05) is 24.6 Å². The van der Waals surface area contributed by atoms with Crippen molar-refractivity contribution in [2.75, 3.05) is 11.9 Å². The number of rotatable bonds is 4. The zero-order chi connectivity index (χ0) is 15.0. The van der Waals surface area contributed by atoms with Gasteiger partial charge in [-0.15, -0.1) is 0 Å². The first kappa shape index (κ1) is 13.8. The second kappa shape index (κ2) is 4.97. The van der Waals surface area contributed by atoms with E-state index in [1.54, 1.807) is 25.4 Å². The number of amides is 1. The Balaban J connectivity index is 1.83. The third-order valence-electron chi connectivity index (χ3n) is 3.45. The number of aromatic nitrogens is 2. The van der Waals surface area contributed by atoms with E-state index in [-0.39, 0.29) is 23.8 Å². The third kappa shape index (κ3) is 2.55. The summed E-state index contributed by atoms with van der Waals surface area (Å²) >= 11 is 0. The average Bonchev–Trinajstić information content (AvgIpc) is 3.06. The van der Waals surface area contributed by atoms with Crippen LogP contribution in [0.5, 0.6) is 0 Å². The topological polar surface area (TPSA) is 95.2 Å². The van der Waals surface area contributed by atoms with Gasteiger partial charge in [0.2, 0.25) is 15.9 Å². The van der Waals surface area contributed by atoms with Crippen molar-refractivity contribution in [2.45, 2.75) is 17.9 Å². The van der Waals surface area contributed by atoms with Crippen LogP contribution in [0.15, 0.2) is 35.6 Å². The molecule has 8 heteroatoms. The number of nitrogens with one attached hydrogen (secondary N) is 2. The zero-order valence-electron chi connectivity index (χ0n) is 11.3. The maximum atomic E-state index is 12.2. The molecule has 0 saturated carbocycles. The number of imidazole rings is 1. The van der Waals surface area contributed by atoms with Crippen LogP contribution in [0.3, 0.4) is 0 Å². The van der Waals surface area contributed by atoms with Crippen LogP contribution in [0.4, 0.5) is 5.69 Å². The van der Waals surface area contributed by atoms with Gasteiger partial charge in [0.1, 0.15) is 0 Å². The molecule has 2 N–H and O–H groups in total. The molecule has 1 aromatic carbocycles. The van der Waals surface area contributed by atoms with Gasteiger partial charge in [-0.3, -0.25) is 4.79 Å². The van der Waals surface area contributed by atoms with Crippen molar-refractivity contribution in [3.05, 3.63) is 42.0 Å². The fourth-order valence-corrected chi connectivity index (χ4v) is 3.31.